The molecule has 1 aliphatic rings. The minimum Gasteiger partial charge on any atom is -0.357 e. The van der Waals surface area contributed by atoms with Crippen LogP contribution in [0.15, 0.2) is 35.3 Å². The van der Waals surface area contributed by atoms with Crippen LogP contribution in [0.2, 0.25) is 0 Å². The summed E-state index contributed by atoms with van der Waals surface area (Å²) in [5, 5.41) is 6.69. The van der Waals surface area contributed by atoms with Gasteiger partial charge in [0.05, 0.1) is 12.6 Å². The Hall–Kier alpha value is -1.35. The van der Waals surface area contributed by atoms with E-state index in [2.05, 4.69) is 60.8 Å². The topological polar surface area (TPSA) is 60.0 Å². The van der Waals surface area contributed by atoms with Crippen molar-refractivity contribution in [3.05, 3.63) is 35.9 Å². The lowest BCUT2D eigenvalue weighted by atomic mass is 10.1. The second kappa shape index (κ2) is 12.9. The molecule has 0 aromatic heterocycles. The Balaban J connectivity index is 0.00000364. The Bertz CT molecular complexity index is 579. The molecule has 1 fully saturated rings. The third-order valence-corrected chi connectivity index (χ3v) is 4.64. The third-order valence-electron chi connectivity index (χ3n) is 4.64. The van der Waals surface area contributed by atoms with Crippen molar-refractivity contribution in [3.63, 3.8) is 0 Å². The van der Waals surface area contributed by atoms with E-state index < -0.39 is 0 Å². The summed E-state index contributed by atoms with van der Waals surface area (Å²) in [5.41, 5.74) is 1.27. The maximum Gasteiger partial charge on any atom is 0.222 e. The van der Waals surface area contributed by atoms with Gasteiger partial charge >= 0.3 is 0 Å². The molecule has 1 unspecified atom stereocenters. The first-order chi connectivity index (χ1) is 12.6. The number of halogens is 1. The summed E-state index contributed by atoms with van der Waals surface area (Å²) < 4.78 is 0. The molecule has 0 saturated carbocycles. The van der Waals surface area contributed by atoms with Crippen LogP contribution in [0.25, 0.3) is 0 Å². The summed E-state index contributed by atoms with van der Waals surface area (Å²) in [7, 11) is 4.17. The van der Waals surface area contributed by atoms with Gasteiger partial charge in [-0.2, -0.15) is 0 Å². The Kier molecular flexibility index (Phi) is 11.3. The summed E-state index contributed by atoms with van der Waals surface area (Å²) in [4.78, 5) is 20.6. The number of rotatable bonds is 9. The Morgan fingerprint density at radius 2 is 2.00 bits per heavy atom. The molecule has 0 spiro atoms. The van der Waals surface area contributed by atoms with E-state index >= 15 is 0 Å². The predicted octanol–water partition coefficient (Wildman–Crippen LogP) is 2.47. The van der Waals surface area contributed by atoms with Crippen LogP contribution in [-0.4, -0.2) is 68.5 Å². The van der Waals surface area contributed by atoms with Crippen LogP contribution in [0.4, 0.5) is 0 Å². The fourth-order valence-corrected chi connectivity index (χ4v) is 3.18. The van der Waals surface area contributed by atoms with E-state index in [0.717, 1.165) is 45.0 Å². The first kappa shape index (κ1) is 23.7. The second-order valence-corrected chi connectivity index (χ2v) is 6.87. The van der Waals surface area contributed by atoms with E-state index in [4.69, 9.17) is 4.99 Å². The standard InChI is InChI=1S/C20H33N5O.HI/c1-4-21-20(22-13-9-15-25-14-8-12-19(25)26)23-16-18(24(2)3)17-10-6-5-7-11-17;/h5-7,10-11,18H,4,8-9,12-16H2,1-3H3,(H2,21,22,23);1H. The number of hydrogen-bond donors (Lipinski definition) is 2. The molecular formula is C20H34IN5O. The third kappa shape index (κ3) is 8.04. The van der Waals surface area contributed by atoms with Gasteiger partial charge < -0.3 is 20.4 Å². The van der Waals surface area contributed by atoms with Crippen molar-refractivity contribution in [3.8, 4) is 0 Å². The number of nitrogens with zero attached hydrogens (tertiary/aromatic N) is 3. The van der Waals surface area contributed by atoms with E-state index in [-0.39, 0.29) is 30.0 Å². The number of likely N-dealkylation sites (tertiary alicyclic amines) is 1. The first-order valence-corrected chi connectivity index (χ1v) is 9.63. The highest BCUT2D eigenvalue weighted by atomic mass is 127. The van der Waals surface area contributed by atoms with Gasteiger partial charge in [0.15, 0.2) is 5.96 Å². The van der Waals surface area contributed by atoms with Gasteiger partial charge in [-0.15, -0.1) is 24.0 Å². The summed E-state index contributed by atoms with van der Waals surface area (Å²) in [6.07, 6.45) is 2.65. The molecule has 1 saturated heterocycles. The van der Waals surface area contributed by atoms with Crippen LogP contribution < -0.4 is 10.6 Å². The molecule has 27 heavy (non-hydrogen) atoms. The van der Waals surface area contributed by atoms with Crippen molar-refractivity contribution in [1.82, 2.24) is 20.4 Å². The lowest BCUT2D eigenvalue weighted by Gasteiger charge is -2.23. The van der Waals surface area contributed by atoms with E-state index in [1.54, 1.807) is 0 Å². The lowest BCUT2D eigenvalue weighted by molar-refractivity contribution is -0.127. The minimum absolute atomic E-state index is 0. The van der Waals surface area contributed by atoms with Crippen molar-refractivity contribution in [2.75, 3.05) is 46.8 Å². The van der Waals surface area contributed by atoms with Gasteiger partial charge in [0.2, 0.25) is 5.91 Å². The minimum atomic E-state index is 0. The Morgan fingerprint density at radius 1 is 1.26 bits per heavy atom. The van der Waals surface area contributed by atoms with Crippen molar-refractivity contribution < 1.29 is 4.79 Å². The summed E-state index contributed by atoms with van der Waals surface area (Å²) in [6, 6.07) is 10.7. The molecule has 6 nitrogen and oxygen atoms in total. The highest BCUT2D eigenvalue weighted by Gasteiger charge is 2.19. The fourth-order valence-electron chi connectivity index (χ4n) is 3.18. The predicted molar refractivity (Wildman–Crippen MR) is 123 cm³/mol. The monoisotopic (exact) mass is 487 g/mol. The largest absolute Gasteiger partial charge is 0.357 e. The van der Waals surface area contributed by atoms with E-state index in [9.17, 15) is 4.79 Å². The van der Waals surface area contributed by atoms with E-state index in [1.807, 2.05) is 11.0 Å². The number of carbonyl (C=O) groups is 1. The first-order valence-electron chi connectivity index (χ1n) is 9.63. The van der Waals surface area contributed by atoms with Crippen molar-refractivity contribution >= 4 is 35.8 Å². The molecule has 0 aliphatic carbocycles. The normalized spacial score (nSPS) is 15.6. The van der Waals surface area contributed by atoms with Gasteiger partial charge in [-0.05, 0) is 39.4 Å². The van der Waals surface area contributed by atoms with Crippen LogP contribution in [-0.2, 0) is 4.79 Å². The fraction of sp³-hybridized carbons (Fsp3) is 0.600. The molecule has 2 N–H and O–H groups in total. The molecule has 0 radical (unpaired) electrons. The number of aliphatic imine (C=N–C) groups is 1. The smallest absolute Gasteiger partial charge is 0.222 e. The number of hydrogen-bond acceptors (Lipinski definition) is 3. The van der Waals surface area contributed by atoms with Gasteiger partial charge in [-0.25, -0.2) is 0 Å². The highest BCUT2D eigenvalue weighted by molar-refractivity contribution is 14.0. The van der Waals surface area contributed by atoms with Crippen LogP contribution in [0, 0.1) is 0 Å². The van der Waals surface area contributed by atoms with Crippen LogP contribution in [0.5, 0.6) is 0 Å². The average molecular weight is 487 g/mol. The van der Waals surface area contributed by atoms with Crippen molar-refractivity contribution in [2.45, 2.75) is 32.2 Å². The zero-order valence-electron chi connectivity index (χ0n) is 16.8. The SMILES string of the molecule is CCNC(=NCC(c1ccccc1)N(C)C)NCCCN1CCCC1=O.I. The summed E-state index contributed by atoms with van der Waals surface area (Å²) >= 11 is 0. The maximum absolute atomic E-state index is 11.6. The maximum atomic E-state index is 11.6. The van der Waals surface area contributed by atoms with Gasteiger partial charge in [-0.3, -0.25) is 9.79 Å². The van der Waals surface area contributed by atoms with E-state index in [1.165, 1.54) is 5.56 Å². The van der Waals surface area contributed by atoms with Crippen LogP contribution >= 0.6 is 24.0 Å². The number of carbonyl (C=O) groups excluding carboxylic acids is 1. The summed E-state index contributed by atoms with van der Waals surface area (Å²) in [6.45, 7) is 6.14. The van der Waals surface area contributed by atoms with Gasteiger partial charge in [0.1, 0.15) is 0 Å². The highest BCUT2D eigenvalue weighted by Crippen LogP contribution is 2.17. The molecule has 1 aromatic rings. The number of guanidine groups is 1. The lowest BCUT2D eigenvalue weighted by Crippen LogP contribution is -2.39. The molecular weight excluding hydrogens is 453 g/mol. The quantitative estimate of drug-likeness (QED) is 0.243. The number of amides is 1. The molecule has 7 heteroatoms. The summed E-state index contributed by atoms with van der Waals surface area (Å²) in [5.74, 6) is 1.13. The van der Waals surface area contributed by atoms with Gasteiger partial charge in [-0.1, -0.05) is 30.3 Å². The molecule has 1 atom stereocenters. The molecule has 1 heterocycles. The number of benzene rings is 1. The average Bonchev–Trinajstić information content (AvgIpc) is 3.04. The zero-order valence-corrected chi connectivity index (χ0v) is 19.1. The van der Waals surface area contributed by atoms with Crippen molar-refractivity contribution in [1.29, 1.82) is 0 Å². The molecule has 1 aromatic carbocycles. The Morgan fingerprint density at radius 3 is 2.59 bits per heavy atom. The van der Waals surface area contributed by atoms with E-state index in [0.29, 0.717) is 18.9 Å². The Labute approximate surface area is 180 Å². The molecule has 1 amide bonds. The van der Waals surface area contributed by atoms with Crippen LogP contribution in [0.3, 0.4) is 0 Å². The molecule has 0 bridgehead atoms. The van der Waals surface area contributed by atoms with Crippen LogP contribution in [0.1, 0.15) is 37.8 Å². The van der Waals surface area contributed by atoms with Gasteiger partial charge in [0.25, 0.3) is 0 Å². The zero-order chi connectivity index (χ0) is 18.8. The number of nitrogens with one attached hydrogen (secondary N) is 2. The number of likely N-dealkylation sites (N-methyl/N-ethyl adjacent to an activating group) is 1. The molecule has 2 rings (SSSR count). The second-order valence-electron chi connectivity index (χ2n) is 6.87. The van der Waals surface area contributed by atoms with Crippen molar-refractivity contribution in [2.24, 2.45) is 4.99 Å². The molecule has 1 aliphatic heterocycles. The molecule has 152 valence electrons. The van der Waals surface area contributed by atoms with Gasteiger partial charge in [0, 0.05) is 32.6 Å².